The molecule has 0 spiro atoms. The van der Waals surface area contributed by atoms with E-state index in [1.54, 1.807) is 7.11 Å². The Morgan fingerprint density at radius 2 is 2.30 bits per heavy atom. The van der Waals surface area contributed by atoms with Gasteiger partial charge in [0.2, 0.25) is 0 Å². The van der Waals surface area contributed by atoms with Crippen molar-refractivity contribution in [2.24, 2.45) is 5.73 Å². The predicted molar refractivity (Wildman–Crippen MR) is 81.1 cm³/mol. The zero-order chi connectivity index (χ0) is 14.1. The largest absolute Gasteiger partial charge is 0.385 e. The van der Waals surface area contributed by atoms with Gasteiger partial charge in [-0.1, -0.05) is 11.6 Å². The topological polar surface area (TPSA) is 53.1 Å². The Kier molecular flexibility index (Phi) is 3.96. The Bertz CT molecular complexity index is 606. The number of nitrogens with zero attached hydrogens (tertiary/aromatic N) is 2. The van der Waals surface area contributed by atoms with E-state index < -0.39 is 0 Å². The van der Waals surface area contributed by atoms with Gasteiger partial charge in [0.15, 0.2) is 0 Å². The van der Waals surface area contributed by atoms with Crippen LogP contribution in [0, 0.1) is 0 Å². The first-order valence-electron chi connectivity index (χ1n) is 7.12. The molecule has 1 unspecified atom stereocenters. The molecule has 0 bridgehead atoms. The van der Waals surface area contributed by atoms with Gasteiger partial charge in [0.1, 0.15) is 5.82 Å². The molecule has 2 aromatic rings. The van der Waals surface area contributed by atoms with E-state index in [0.29, 0.717) is 6.04 Å². The molecule has 1 aliphatic rings. The van der Waals surface area contributed by atoms with Gasteiger partial charge in [-0.3, -0.25) is 0 Å². The highest BCUT2D eigenvalue weighted by atomic mass is 35.5. The van der Waals surface area contributed by atoms with Crippen LogP contribution in [0.1, 0.15) is 43.6 Å². The fourth-order valence-corrected chi connectivity index (χ4v) is 2.81. The normalized spacial score (nSPS) is 16.8. The molecular weight excluding hydrogens is 274 g/mol. The number of hydrogen-bond acceptors (Lipinski definition) is 3. The molecule has 108 valence electrons. The van der Waals surface area contributed by atoms with Crippen molar-refractivity contribution in [2.75, 3.05) is 13.7 Å². The Morgan fingerprint density at radius 3 is 3.00 bits per heavy atom. The number of halogens is 1. The van der Waals surface area contributed by atoms with E-state index >= 15 is 0 Å². The van der Waals surface area contributed by atoms with Crippen LogP contribution in [0.5, 0.6) is 0 Å². The van der Waals surface area contributed by atoms with Gasteiger partial charge in [-0.2, -0.15) is 0 Å². The van der Waals surface area contributed by atoms with Crippen molar-refractivity contribution in [1.29, 1.82) is 0 Å². The van der Waals surface area contributed by atoms with Gasteiger partial charge in [-0.05, 0) is 43.9 Å². The summed E-state index contributed by atoms with van der Waals surface area (Å²) in [4.78, 5) is 4.73. The fraction of sp³-hybridized carbons (Fsp3) is 0.533. The standard InChI is InChI=1S/C15H20ClN3O/c1-20-8-2-3-12(17)15-18-13-7-4-10(16)9-14(13)19(15)11-5-6-11/h4,7,9,11-12H,2-3,5-6,8,17H2,1H3. The van der Waals surface area contributed by atoms with Crippen molar-refractivity contribution < 1.29 is 4.74 Å². The van der Waals surface area contributed by atoms with Gasteiger partial charge in [0, 0.05) is 24.8 Å². The summed E-state index contributed by atoms with van der Waals surface area (Å²) in [5.74, 6) is 0.987. The average molecular weight is 294 g/mol. The summed E-state index contributed by atoms with van der Waals surface area (Å²) in [5, 5.41) is 0.749. The molecule has 2 N–H and O–H groups in total. The van der Waals surface area contributed by atoms with Crippen molar-refractivity contribution in [1.82, 2.24) is 9.55 Å². The fourth-order valence-electron chi connectivity index (χ4n) is 2.64. The molecule has 4 nitrogen and oxygen atoms in total. The van der Waals surface area contributed by atoms with Crippen LogP contribution < -0.4 is 5.73 Å². The van der Waals surface area contributed by atoms with Crippen LogP contribution in [0.15, 0.2) is 18.2 Å². The van der Waals surface area contributed by atoms with Crippen LogP contribution in [0.25, 0.3) is 11.0 Å². The van der Waals surface area contributed by atoms with Gasteiger partial charge < -0.3 is 15.0 Å². The number of fused-ring (bicyclic) bond motifs is 1. The predicted octanol–water partition coefficient (Wildman–Crippen LogP) is 3.45. The Labute approximate surface area is 123 Å². The zero-order valence-corrected chi connectivity index (χ0v) is 12.4. The molecule has 0 amide bonds. The van der Waals surface area contributed by atoms with E-state index in [2.05, 4.69) is 4.57 Å². The van der Waals surface area contributed by atoms with E-state index in [4.69, 9.17) is 27.1 Å². The van der Waals surface area contributed by atoms with E-state index in [0.717, 1.165) is 41.3 Å². The molecule has 5 heteroatoms. The van der Waals surface area contributed by atoms with Crippen LogP contribution in [-0.4, -0.2) is 23.3 Å². The number of hydrogen-bond donors (Lipinski definition) is 1. The second-order valence-corrected chi connectivity index (χ2v) is 5.88. The molecule has 1 fully saturated rings. The minimum absolute atomic E-state index is 0.0445. The molecule has 3 rings (SSSR count). The molecular formula is C15H20ClN3O. The molecule has 0 saturated heterocycles. The highest BCUT2D eigenvalue weighted by Gasteiger charge is 2.30. The van der Waals surface area contributed by atoms with Crippen LogP contribution in [-0.2, 0) is 4.74 Å². The number of methoxy groups -OCH3 is 1. The summed E-state index contributed by atoms with van der Waals surface area (Å²) in [7, 11) is 1.72. The first-order chi connectivity index (χ1) is 9.70. The zero-order valence-electron chi connectivity index (χ0n) is 11.7. The van der Waals surface area contributed by atoms with Crippen molar-refractivity contribution in [3.8, 4) is 0 Å². The van der Waals surface area contributed by atoms with Crippen LogP contribution in [0.4, 0.5) is 0 Å². The van der Waals surface area contributed by atoms with Crippen LogP contribution >= 0.6 is 11.6 Å². The number of imidazole rings is 1. The molecule has 1 heterocycles. The minimum Gasteiger partial charge on any atom is -0.385 e. The number of rotatable bonds is 6. The van der Waals surface area contributed by atoms with E-state index in [-0.39, 0.29) is 6.04 Å². The molecule has 1 atom stereocenters. The average Bonchev–Trinajstić information content (AvgIpc) is 3.19. The second kappa shape index (κ2) is 5.72. The summed E-state index contributed by atoms with van der Waals surface area (Å²) < 4.78 is 7.38. The Morgan fingerprint density at radius 1 is 1.50 bits per heavy atom. The summed E-state index contributed by atoms with van der Waals surface area (Å²) in [6, 6.07) is 6.35. The smallest absolute Gasteiger partial charge is 0.127 e. The van der Waals surface area contributed by atoms with Crippen molar-refractivity contribution >= 4 is 22.6 Å². The van der Waals surface area contributed by atoms with Crippen molar-refractivity contribution in [2.45, 2.75) is 37.8 Å². The highest BCUT2D eigenvalue weighted by Crippen LogP contribution is 2.40. The third-order valence-electron chi connectivity index (χ3n) is 3.79. The van der Waals surface area contributed by atoms with E-state index in [1.165, 1.54) is 12.8 Å². The van der Waals surface area contributed by atoms with Crippen molar-refractivity contribution in [3.63, 3.8) is 0 Å². The number of nitrogens with two attached hydrogens (primary N) is 1. The maximum atomic E-state index is 6.33. The minimum atomic E-state index is -0.0445. The highest BCUT2D eigenvalue weighted by molar-refractivity contribution is 6.31. The van der Waals surface area contributed by atoms with Crippen LogP contribution in [0.2, 0.25) is 5.02 Å². The maximum absolute atomic E-state index is 6.33. The lowest BCUT2D eigenvalue weighted by Gasteiger charge is -2.14. The van der Waals surface area contributed by atoms with Gasteiger partial charge in [-0.25, -0.2) is 4.98 Å². The molecule has 0 aliphatic heterocycles. The van der Waals surface area contributed by atoms with Gasteiger partial charge in [-0.15, -0.1) is 0 Å². The maximum Gasteiger partial charge on any atom is 0.127 e. The molecule has 1 aromatic carbocycles. The summed E-state index contributed by atoms with van der Waals surface area (Å²) in [6.45, 7) is 0.739. The lowest BCUT2D eigenvalue weighted by atomic mass is 10.1. The molecule has 1 aliphatic carbocycles. The number of aromatic nitrogens is 2. The molecule has 20 heavy (non-hydrogen) atoms. The first-order valence-corrected chi connectivity index (χ1v) is 7.50. The van der Waals surface area contributed by atoms with E-state index in [9.17, 15) is 0 Å². The summed E-state index contributed by atoms with van der Waals surface area (Å²) in [6.07, 6.45) is 4.25. The Hall–Kier alpha value is -1.10. The molecule has 1 aromatic heterocycles. The van der Waals surface area contributed by atoms with Crippen molar-refractivity contribution in [3.05, 3.63) is 29.0 Å². The van der Waals surface area contributed by atoms with Crippen LogP contribution in [0.3, 0.4) is 0 Å². The lowest BCUT2D eigenvalue weighted by molar-refractivity contribution is 0.190. The summed E-state index contributed by atoms with van der Waals surface area (Å²) >= 11 is 6.12. The Balaban J connectivity index is 1.95. The van der Waals surface area contributed by atoms with Gasteiger partial charge in [0.25, 0.3) is 0 Å². The molecule has 1 saturated carbocycles. The quantitative estimate of drug-likeness (QED) is 0.830. The SMILES string of the molecule is COCCCC(N)c1nc2ccc(Cl)cc2n1C1CC1. The summed E-state index contributed by atoms with van der Waals surface area (Å²) in [5.41, 5.74) is 8.43. The van der Waals surface area contributed by atoms with Gasteiger partial charge in [0.05, 0.1) is 17.1 Å². The number of ether oxygens (including phenoxy) is 1. The third-order valence-corrected chi connectivity index (χ3v) is 4.02. The number of benzene rings is 1. The monoisotopic (exact) mass is 293 g/mol. The molecule has 0 radical (unpaired) electrons. The third kappa shape index (κ3) is 2.68. The lowest BCUT2D eigenvalue weighted by Crippen LogP contribution is -2.17. The van der Waals surface area contributed by atoms with E-state index in [1.807, 2.05) is 18.2 Å². The van der Waals surface area contributed by atoms with Gasteiger partial charge >= 0.3 is 0 Å². The first kappa shape index (κ1) is 13.9. The second-order valence-electron chi connectivity index (χ2n) is 5.45.